The van der Waals surface area contributed by atoms with Crippen molar-refractivity contribution >= 4 is 41.8 Å². The summed E-state index contributed by atoms with van der Waals surface area (Å²) in [5, 5.41) is 3.44. The molecule has 126 valence electrons. The third-order valence-electron chi connectivity index (χ3n) is 3.61. The number of halogens is 2. The smallest absolute Gasteiger partial charge is 0.182 e. The molecule has 0 aliphatic heterocycles. The van der Waals surface area contributed by atoms with Gasteiger partial charge in [0.25, 0.3) is 0 Å². The normalized spacial score (nSPS) is 11.8. The van der Waals surface area contributed by atoms with Gasteiger partial charge in [-0.2, -0.15) is 0 Å². The lowest BCUT2D eigenvalue weighted by Crippen LogP contribution is -2.25. The van der Waals surface area contributed by atoms with E-state index >= 15 is 0 Å². The topological polar surface area (TPSA) is 69.7 Å². The van der Waals surface area contributed by atoms with Crippen molar-refractivity contribution in [1.82, 2.24) is 24.8 Å². The van der Waals surface area contributed by atoms with Crippen molar-refractivity contribution in [3.8, 4) is 0 Å². The molecule has 0 aliphatic carbocycles. The minimum absolute atomic E-state index is 0. The highest BCUT2D eigenvalue weighted by Crippen LogP contribution is 2.16. The lowest BCUT2D eigenvalue weighted by Gasteiger charge is -2.20. The van der Waals surface area contributed by atoms with Gasteiger partial charge < -0.3 is 15.2 Å². The quantitative estimate of drug-likeness (QED) is 0.766. The maximum atomic E-state index is 4.29. The molecular weight excluding hydrogens is 323 g/mol. The SMILES string of the molecule is CCN(CC)CCCC(C)Nc1ncnc2nc[nH]c12.Cl.Cl. The first-order valence-electron chi connectivity index (χ1n) is 7.37. The van der Waals surface area contributed by atoms with Crippen LogP contribution in [-0.4, -0.2) is 50.5 Å². The number of hydrogen-bond acceptors (Lipinski definition) is 5. The summed E-state index contributed by atoms with van der Waals surface area (Å²) in [4.78, 5) is 18.1. The van der Waals surface area contributed by atoms with Gasteiger partial charge in [-0.25, -0.2) is 15.0 Å². The number of nitrogens with zero attached hydrogens (tertiary/aromatic N) is 4. The van der Waals surface area contributed by atoms with Crippen molar-refractivity contribution in [2.24, 2.45) is 0 Å². The number of aromatic amines is 1. The number of anilines is 1. The van der Waals surface area contributed by atoms with E-state index in [1.165, 1.54) is 6.42 Å². The highest BCUT2D eigenvalue weighted by molar-refractivity contribution is 5.85. The van der Waals surface area contributed by atoms with Crippen LogP contribution < -0.4 is 5.32 Å². The van der Waals surface area contributed by atoms with Gasteiger partial charge in [0.15, 0.2) is 11.5 Å². The molecule has 0 fully saturated rings. The highest BCUT2D eigenvalue weighted by Gasteiger charge is 2.09. The van der Waals surface area contributed by atoms with E-state index in [0.717, 1.165) is 37.4 Å². The van der Waals surface area contributed by atoms with E-state index in [4.69, 9.17) is 0 Å². The van der Waals surface area contributed by atoms with Crippen LogP contribution in [0, 0.1) is 0 Å². The predicted molar refractivity (Wildman–Crippen MR) is 96.3 cm³/mol. The van der Waals surface area contributed by atoms with E-state index < -0.39 is 0 Å². The van der Waals surface area contributed by atoms with Crippen LogP contribution in [0.2, 0.25) is 0 Å². The van der Waals surface area contributed by atoms with E-state index in [1.54, 1.807) is 12.7 Å². The Kier molecular flexibility index (Phi) is 10.1. The minimum Gasteiger partial charge on any atom is -0.366 e. The number of fused-ring (bicyclic) bond motifs is 1. The maximum Gasteiger partial charge on any atom is 0.182 e. The summed E-state index contributed by atoms with van der Waals surface area (Å²) < 4.78 is 0. The molecule has 0 spiro atoms. The fraction of sp³-hybridized carbons (Fsp3) is 0.643. The van der Waals surface area contributed by atoms with Crippen LogP contribution in [0.4, 0.5) is 5.82 Å². The van der Waals surface area contributed by atoms with E-state index in [2.05, 4.69) is 50.9 Å². The Labute approximate surface area is 144 Å². The molecule has 2 aromatic rings. The molecular formula is C14H26Cl2N6. The molecule has 1 atom stereocenters. The maximum absolute atomic E-state index is 4.29. The summed E-state index contributed by atoms with van der Waals surface area (Å²) in [6.45, 7) is 10.0. The van der Waals surface area contributed by atoms with Gasteiger partial charge in [0.2, 0.25) is 0 Å². The summed E-state index contributed by atoms with van der Waals surface area (Å²) >= 11 is 0. The third-order valence-corrected chi connectivity index (χ3v) is 3.61. The first-order valence-corrected chi connectivity index (χ1v) is 7.37. The average molecular weight is 349 g/mol. The number of hydrogen-bond donors (Lipinski definition) is 2. The largest absolute Gasteiger partial charge is 0.366 e. The van der Waals surface area contributed by atoms with Gasteiger partial charge in [-0.15, -0.1) is 24.8 Å². The van der Waals surface area contributed by atoms with Crippen molar-refractivity contribution in [3.05, 3.63) is 12.7 Å². The van der Waals surface area contributed by atoms with Gasteiger partial charge >= 0.3 is 0 Å². The van der Waals surface area contributed by atoms with Crippen molar-refractivity contribution in [2.45, 2.75) is 39.7 Å². The number of H-pyrrole nitrogens is 1. The van der Waals surface area contributed by atoms with Crippen LogP contribution in [0.25, 0.3) is 11.2 Å². The number of nitrogens with one attached hydrogen (secondary N) is 2. The van der Waals surface area contributed by atoms with Gasteiger partial charge in [0.1, 0.15) is 11.8 Å². The Morgan fingerprint density at radius 2 is 1.91 bits per heavy atom. The first kappa shape index (κ1) is 20.9. The molecule has 0 amide bonds. The van der Waals surface area contributed by atoms with Crippen molar-refractivity contribution in [3.63, 3.8) is 0 Å². The Hall–Kier alpha value is -1.11. The van der Waals surface area contributed by atoms with Gasteiger partial charge in [0, 0.05) is 6.04 Å². The lowest BCUT2D eigenvalue weighted by molar-refractivity contribution is 0.295. The van der Waals surface area contributed by atoms with Gasteiger partial charge in [-0.05, 0) is 39.4 Å². The van der Waals surface area contributed by atoms with Gasteiger partial charge in [0.05, 0.1) is 6.33 Å². The monoisotopic (exact) mass is 348 g/mol. The summed E-state index contributed by atoms with van der Waals surface area (Å²) in [5.74, 6) is 0.836. The average Bonchev–Trinajstić information content (AvgIpc) is 2.93. The van der Waals surface area contributed by atoms with E-state index in [1.807, 2.05) is 0 Å². The Morgan fingerprint density at radius 3 is 2.59 bits per heavy atom. The molecule has 2 heterocycles. The minimum atomic E-state index is 0. The van der Waals surface area contributed by atoms with Crippen LogP contribution in [0.3, 0.4) is 0 Å². The molecule has 8 heteroatoms. The molecule has 0 aromatic carbocycles. The molecule has 0 saturated heterocycles. The second-order valence-corrected chi connectivity index (χ2v) is 5.04. The van der Waals surface area contributed by atoms with Crippen LogP contribution in [0.1, 0.15) is 33.6 Å². The second kappa shape index (κ2) is 10.6. The molecule has 1 unspecified atom stereocenters. The number of imidazole rings is 1. The fourth-order valence-electron chi connectivity index (χ4n) is 2.34. The predicted octanol–water partition coefficient (Wildman–Crippen LogP) is 3.12. The molecule has 0 saturated carbocycles. The number of rotatable bonds is 8. The molecule has 6 nitrogen and oxygen atoms in total. The summed E-state index contributed by atoms with van der Waals surface area (Å²) in [6.07, 6.45) is 5.51. The van der Waals surface area contributed by atoms with Gasteiger partial charge in [-0.3, -0.25) is 0 Å². The Bertz CT molecular complexity index is 529. The van der Waals surface area contributed by atoms with Crippen LogP contribution in [-0.2, 0) is 0 Å². The molecule has 2 aromatic heterocycles. The summed E-state index contributed by atoms with van der Waals surface area (Å²) in [5.41, 5.74) is 1.58. The highest BCUT2D eigenvalue weighted by atomic mass is 35.5. The molecule has 22 heavy (non-hydrogen) atoms. The zero-order chi connectivity index (χ0) is 14.4. The first-order chi connectivity index (χ1) is 9.74. The van der Waals surface area contributed by atoms with E-state index in [-0.39, 0.29) is 24.8 Å². The Morgan fingerprint density at radius 1 is 1.18 bits per heavy atom. The van der Waals surface area contributed by atoms with Crippen molar-refractivity contribution in [2.75, 3.05) is 25.0 Å². The van der Waals surface area contributed by atoms with E-state index in [0.29, 0.717) is 11.7 Å². The standard InChI is InChI=1S/C14H24N6.2ClH/c1-4-20(5-2)8-6-7-11(3)19-14-12-13(16-9-15-12)17-10-18-14;;/h9-11H,4-8H2,1-3H3,(H2,15,16,17,18,19);2*1H. The van der Waals surface area contributed by atoms with Crippen molar-refractivity contribution < 1.29 is 0 Å². The Balaban J connectivity index is 0.00000220. The van der Waals surface area contributed by atoms with Crippen LogP contribution >= 0.6 is 24.8 Å². The van der Waals surface area contributed by atoms with E-state index in [9.17, 15) is 0 Å². The number of aromatic nitrogens is 4. The van der Waals surface area contributed by atoms with Gasteiger partial charge in [-0.1, -0.05) is 13.8 Å². The van der Waals surface area contributed by atoms with Crippen LogP contribution in [0.5, 0.6) is 0 Å². The fourth-order valence-corrected chi connectivity index (χ4v) is 2.34. The molecule has 2 N–H and O–H groups in total. The molecule has 0 bridgehead atoms. The second-order valence-electron chi connectivity index (χ2n) is 5.04. The van der Waals surface area contributed by atoms with Crippen molar-refractivity contribution in [1.29, 1.82) is 0 Å². The lowest BCUT2D eigenvalue weighted by atomic mass is 10.1. The van der Waals surface area contributed by atoms with Crippen LogP contribution in [0.15, 0.2) is 12.7 Å². The third kappa shape index (κ3) is 5.59. The molecule has 0 radical (unpaired) electrons. The zero-order valence-corrected chi connectivity index (χ0v) is 15.0. The zero-order valence-electron chi connectivity index (χ0n) is 13.4. The summed E-state index contributed by atoms with van der Waals surface area (Å²) in [7, 11) is 0. The summed E-state index contributed by atoms with van der Waals surface area (Å²) in [6, 6.07) is 0.381. The molecule has 0 aliphatic rings. The molecule has 2 rings (SSSR count).